The van der Waals surface area contributed by atoms with Crippen LogP contribution in [0.25, 0.3) is 0 Å². The monoisotopic (exact) mass is 740 g/mol. The molecule has 7 heteroatoms. The predicted octanol–water partition coefficient (Wildman–Crippen LogP) is 11.3. The second-order valence-corrected chi connectivity index (χ2v) is 17.9. The second kappa shape index (κ2) is 17.5. The van der Waals surface area contributed by atoms with Crippen LogP contribution in [0.1, 0.15) is 141 Å². The van der Waals surface area contributed by atoms with Gasteiger partial charge in [-0.15, -0.1) is 0 Å². The van der Waals surface area contributed by atoms with Gasteiger partial charge in [0.25, 0.3) is 0 Å². The van der Waals surface area contributed by atoms with Gasteiger partial charge in [-0.05, 0) is 153 Å². The lowest BCUT2D eigenvalue weighted by molar-refractivity contribution is -0.152. The van der Waals surface area contributed by atoms with Crippen molar-refractivity contribution in [1.29, 1.82) is 0 Å². The maximum Gasteiger partial charge on any atom is 0.343 e. The van der Waals surface area contributed by atoms with E-state index in [1.807, 2.05) is 0 Å². The van der Waals surface area contributed by atoms with Crippen LogP contribution in [0.15, 0.2) is 60.2 Å². The SMILES string of the molecule is COc1ccc(OC(=O)c2ccc(OC(=O)CCCCC(=O)O[C@H]3CC[C@@]4(C)C(=CC[C@H]5[C@@H]6CC[C@H]([C@H](C)CCCC(C)C)[C@@]6(C)CC[C@@H]54)C3)cc2)cc1. The molecule has 0 amide bonds. The molecule has 2 aromatic carbocycles. The molecular weight excluding hydrogens is 677 g/mol. The number of unbranched alkanes of at least 4 members (excludes halogenated alkanes) is 1. The van der Waals surface area contributed by atoms with E-state index in [2.05, 4.69) is 40.7 Å². The lowest BCUT2D eigenvalue weighted by Crippen LogP contribution is -2.51. The second-order valence-electron chi connectivity index (χ2n) is 17.9. The van der Waals surface area contributed by atoms with E-state index < -0.39 is 5.97 Å². The average molecular weight is 741 g/mol. The molecule has 0 saturated heterocycles. The number of rotatable bonds is 15. The van der Waals surface area contributed by atoms with Gasteiger partial charge in [-0.3, -0.25) is 9.59 Å². The molecule has 0 aliphatic heterocycles. The van der Waals surface area contributed by atoms with Crippen LogP contribution < -0.4 is 14.2 Å². The molecule has 4 aliphatic carbocycles. The number of hydrogen-bond donors (Lipinski definition) is 0. The van der Waals surface area contributed by atoms with Crippen molar-refractivity contribution in [2.75, 3.05) is 7.11 Å². The summed E-state index contributed by atoms with van der Waals surface area (Å²) in [4.78, 5) is 37.9. The number of hydrogen-bond acceptors (Lipinski definition) is 7. The maximum absolute atomic E-state index is 12.9. The quantitative estimate of drug-likeness (QED) is 0.0777. The number of methoxy groups -OCH3 is 1. The van der Waals surface area contributed by atoms with Gasteiger partial charge in [0.05, 0.1) is 12.7 Å². The number of allylic oxidation sites excluding steroid dienone is 1. The molecule has 8 atom stereocenters. The van der Waals surface area contributed by atoms with E-state index in [4.69, 9.17) is 18.9 Å². The summed E-state index contributed by atoms with van der Waals surface area (Å²) >= 11 is 0. The normalized spacial score (nSPS) is 29.2. The molecule has 6 rings (SSSR count). The van der Waals surface area contributed by atoms with Gasteiger partial charge >= 0.3 is 17.9 Å². The predicted molar refractivity (Wildman–Crippen MR) is 211 cm³/mol. The van der Waals surface area contributed by atoms with Crippen LogP contribution in [0.4, 0.5) is 0 Å². The first-order chi connectivity index (χ1) is 25.9. The molecule has 54 heavy (non-hydrogen) atoms. The summed E-state index contributed by atoms with van der Waals surface area (Å²) in [7, 11) is 1.57. The molecule has 4 aliphatic rings. The summed E-state index contributed by atoms with van der Waals surface area (Å²) in [6, 6.07) is 13.0. The zero-order valence-electron chi connectivity index (χ0n) is 33.7. The van der Waals surface area contributed by atoms with Crippen molar-refractivity contribution in [2.24, 2.45) is 46.3 Å². The minimum absolute atomic E-state index is 0.0498. The highest BCUT2D eigenvalue weighted by Crippen LogP contribution is 2.67. The molecule has 3 saturated carbocycles. The fraction of sp³-hybridized carbons (Fsp3) is 0.638. The van der Waals surface area contributed by atoms with Crippen molar-refractivity contribution in [3.63, 3.8) is 0 Å². The zero-order valence-corrected chi connectivity index (χ0v) is 33.7. The first-order valence-electron chi connectivity index (χ1n) is 21.0. The molecule has 3 fully saturated rings. The molecule has 0 unspecified atom stereocenters. The van der Waals surface area contributed by atoms with E-state index in [1.54, 1.807) is 55.6 Å². The topological polar surface area (TPSA) is 88.1 Å². The lowest BCUT2D eigenvalue weighted by Gasteiger charge is -2.58. The van der Waals surface area contributed by atoms with Crippen molar-refractivity contribution in [2.45, 2.75) is 137 Å². The van der Waals surface area contributed by atoms with E-state index in [0.717, 1.165) is 54.8 Å². The summed E-state index contributed by atoms with van der Waals surface area (Å²) in [5, 5.41) is 0. The number of esters is 3. The summed E-state index contributed by atoms with van der Waals surface area (Å²) in [5.74, 6) is 5.27. The van der Waals surface area contributed by atoms with E-state index >= 15 is 0 Å². The highest BCUT2D eigenvalue weighted by Gasteiger charge is 2.59. The first-order valence-corrected chi connectivity index (χ1v) is 21.0. The third-order valence-electron chi connectivity index (χ3n) is 14.2. The molecule has 294 valence electrons. The van der Waals surface area contributed by atoms with Crippen molar-refractivity contribution >= 4 is 17.9 Å². The summed E-state index contributed by atoms with van der Waals surface area (Å²) < 4.78 is 22.0. The van der Waals surface area contributed by atoms with Crippen LogP contribution in [0.5, 0.6) is 17.2 Å². The zero-order chi connectivity index (χ0) is 38.5. The standard InChI is InChI=1S/C47H64O7/c1-31(2)10-9-11-32(3)40-24-25-41-39-23-16-34-30-38(26-28-46(34,4)42(39)27-29-47(40,41)5)53-44(49)13-8-7-12-43(48)52-36-17-14-33(15-18-36)45(50)54-37-21-19-35(51-6)20-22-37/h14-22,31-32,38-42H,7-13,23-30H2,1-6H3/t32-,38+,39+,40-,41+,42+,46+,47-/m1/s1. The third-order valence-corrected chi connectivity index (χ3v) is 14.2. The minimum Gasteiger partial charge on any atom is -0.497 e. The van der Waals surface area contributed by atoms with E-state index in [0.29, 0.717) is 47.5 Å². The molecule has 0 N–H and O–H groups in total. The van der Waals surface area contributed by atoms with Crippen molar-refractivity contribution < 1.29 is 33.3 Å². The summed E-state index contributed by atoms with van der Waals surface area (Å²) in [6.07, 6.45) is 17.9. The van der Waals surface area contributed by atoms with Gasteiger partial charge in [0, 0.05) is 19.3 Å². The van der Waals surface area contributed by atoms with Crippen molar-refractivity contribution in [3.05, 3.63) is 65.7 Å². The van der Waals surface area contributed by atoms with Crippen molar-refractivity contribution in [1.82, 2.24) is 0 Å². The van der Waals surface area contributed by atoms with Crippen LogP contribution in [-0.2, 0) is 14.3 Å². The number of ether oxygens (including phenoxy) is 4. The molecule has 0 radical (unpaired) electrons. The number of fused-ring (bicyclic) bond motifs is 5. The summed E-state index contributed by atoms with van der Waals surface area (Å²) in [5.41, 5.74) is 2.60. The molecule has 0 heterocycles. The van der Waals surface area contributed by atoms with E-state index in [9.17, 15) is 14.4 Å². The molecule has 7 nitrogen and oxygen atoms in total. The van der Waals surface area contributed by atoms with E-state index in [1.165, 1.54) is 56.9 Å². The third kappa shape index (κ3) is 9.08. The first kappa shape index (κ1) is 40.1. The van der Waals surface area contributed by atoms with Gasteiger partial charge in [-0.25, -0.2) is 4.79 Å². The number of carbonyl (C=O) groups excluding carboxylic acids is 3. The van der Waals surface area contributed by atoms with Gasteiger partial charge in [-0.1, -0.05) is 65.5 Å². The van der Waals surface area contributed by atoms with Crippen LogP contribution in [0.3, 0.4) is 0 Å². The Labute approximate surface area is 323 Å². The van der Waals surface area contributed by atoms with Gasteiger partial charge < -0.3 is 18.9 Å². The fourth-order valence-electron chi connectivity index (χ4n) is 11.2. The smallest absolute Gasteiger partial charge is 0.343 e. The largest absolute Gasteiger partial charge is 0.497 e. The Morgan fingerprint density at radius 2 is 1.41 bits per heavy atom. The van der Waals surface area contributed by atoms with E-state index in [-0.39, 0.29) is 29.9 Å². The Kier molecular flexibility index (Phi) is 13.0. The molecule has 0 bridgehead atoms. The Morgan fingerprint density at radius 3 is 2.11 bits per heavy atom. The minimum atomic E-state index is -0.511. The lowest BCUT2D eigenvalue weighted by atomic mass is 9.47. The van der Waals surface area contributed by atoms with Crippen molar-refractivity contribution in [3.8, 4) is 17.2 Å². The molecule has 2 aromatic rings. The summed E-state index contributed by atoms with van der Waals surface area (Å²) in [6.45, 7) is 12.5. The Morgan fingerprint density at radius 1 is 0.741 bits per heavy atom. The van der Waals surface area contributed by atoms with Crippen LogP contribution in [0, 0.1) is 46.3 Å². The van der Waals surface area contributed by atoms with Crippen LogP contribution in [0.2, 0.25) is 0 Å². The maximum atomic E-state index is 12.9. The Bertz CT molecular complexity index is 1630. The van der Waals surface area contributed by atoms with Gasteiger partial charge in [0.1, 0.15) is 23.4 Å². The molecule has 0 aromatic heterocycles. The Balaban J connectivity index is 0.906. The number of carbonyl (C=O) groups is 3. The van der Waals surface area contributed by atoms with Gasteiger partial charge in [0.2, 0.25) is 0 Å². The molecule has 0 spiro atoms. The highest BCUT2D eigenvalue weighted by molar-refractivity contribution is 5.91. The highest BCUT2D eigenvalue weighted by atomic mass is 16.5. The van der Waals surface area contributed by atoms with Gasteiger partial charge in [-0.2, -0.15) is 0 Å². The molecular formula is C47H64O7. The van der Waals surface area contributed by atoms with Crippen LogP contribution in [-0.4, -0.2) is 31.1 Å². The van der Waals surface area contributed by atoms with Gasteiger partial charge in [0.15, 0.2) is 0 Å². The average Bonchev–Trinajstić information content (AvgIpc) is 3.51. The fourth-order valence-corrected chi connectivity index (χ4v) is 11.2. The Hall–Kier alpha value is -3.61. The van der Waals surface area contributed by atoms with Crippen LogP contribution >= 0.6 is 0 Å². The number of benzene rings is 2.